The Bertz CT molecular complexity index is 694. The molecule has 1 aliphatic rings. The van der Waals surface area contributed by atoms with Crippen molar-refractivity contribution in [3.8, 4) is 11.5 Å². The van der Waals surface area contributed by atoms with Gasteiger partial charge in [-0.2, -0.15) is 0 Å². The van der Waals surface area contributed by atoms with Crippen molar-refractivity contribution in [2.75, 3.05) is 6.61 Å². The number of oxazole rings is 1. The normalized spacial score (nSPS) is 14.2. The fourth-order valence-electron chi connectivity index (χ4n) is 2.08. The van der Waals surface area contributed by atoms with Crippen LogP contribution in [0.15, 0.2) is 27.1 Å². The van der Waals surface area contributed by atoms with Gasteiger partial charge in [0.15, 0.2) is 0 Å². The second kappa shape index (κ2) is 5.60. The number of halogens is 2. The van der Waals surface area contributed by atoms with E-state index in [0.717, 1.165) is 12.8 Å². The van der Waals surface area contributed by atoms with E-state index in [4.69, 9.17) is 9.15 Å². The van der Waals surface area contributed by atoms with Crippen LogP contribution in [0.25, 0.3) is 11.5 Å². The van der Waals surface area contributed by atoms with E-state index in [9.17, 15) is 9.18 Å². The average molecular weight is 354 g/mol. The van der Waals surface area contributed by atoms with E-state index >= 15 is 0 Å². The maximum absolute atomic E-state index is 13.9. The van der Waals surface area contributed by atoms with Crippen LogP contribution in [-0.4, -0.2) is 17.6 Å². The largest absolute Gasteiger partial charge is 0.460 e. The number of carbonyl (C=O) groups is 1. The summed E-state index contributed by atoms with van der Waals surface area (Å²) in [5, 5.41) is 0. The smallest absolute Gasteiger partial charge is 0.376 e. The van der Waals surface area contributed by atoms with Crippen LogP contribution in [0.5, 0.6) is 0 Å². The van der Waals surface area contributed by atoms with Crippen LogP contribution in [0, 0.1) is 5.82 Å². The summed E-state index contributed by atoms with van der Waals surface area (Å²) in [4.78, 5) is 16.3. The third-order valence-corrected chi connectivity index (χ3v) is 3.73. The van der Waals surface area contributed by atoms with E-state index in [1.807, 2.05) is 0 Å². The molecule has 1 aromatic carbocycles. The molecule has 110 valence electrons. The second-order valence-electron chi connectivity index (χ2n) is 4.85. The number of rotatable bonds is 4. The first kappa shape index (κ1) is 14.3. The molecule has 0 spiro atoms. The molecule has 1 fully saturated rings. The number of nitrogens with zero attached hydrogens (tertiary/aromatic N) is 1. The minimum Gasteiger partial charge on any atom is -0.460 e. The fraction of sp³-hybridized carbons (Fsp3) is 0.333. The summed E-state index contributed by atoms with van der Waals surface area (Å²) in [5.41, 5.74) is 0.796. The summed E-state index contributed by atoms with van der Waals surface area (Å²) in [6, 6.07) is 4.49. The zero-order valence-electron chi connectivity index (χ0n) is 11.4. The maximum atomic E-state index is 13.9. The van der Waals surface area contributed by atoms with Crippen molar-refractivity contribution < 1.29 is 18.3 Å². The van der Waals surface area contributed by atoms with Gasteiger partial charge in [0.05, 0.1) is 17.9 Å². The van der Waals surface area contributed by atoms with Crippen molar-refractivity contribution in [2.24, 2.45) is 0 Å². The van der Waals surface area contributed by atoms with Crippen LogP contribution < -0.4 is 0 Å². The van der Waals surface area contributed by atoms with Gasteiger partial charge < -0.3 is 9.15 Å². The van der Waals surface area contributed by atoms with Crippen molar-refractivity contribution >= 4 is 21.9 Å². The highest BCUT2D eigenvalue weighted by molar-refractivity contribution is 9.10. The SMILES string of the molecule is CCOC(=O)c1oc(-c2cc(Br)ccc2F)nc1C1CC1. The van der Waals surface area contributed by atoms with Gasteiger partial charge in [0, 0.05) is 10.4 Å². The molecule has 4 nitrogen and oxygen atoms in total. The number of hydrogen-bond donors (Lipinski definition) is 0. The Morgan fingerprint density at radius 3 is 2.95 bits per heavy atom. The molecule has 0 unspecified atom stereocenters. The lowest BCUT2D eigenvalue weighted by Gasteiger charge is -2.00. The molecule has 2 aromatic rings. The molecule has 0 bridgehead atoms. The zero-order chi connectivity index (χ0) is 15.0. The topological polar surface area (TPSA) is 52.3 Å². The summed E-state index contributed by atoms with van der Waals surface area (Å²) >= 11 is 3.29. The molecule has 3 rings (SSSR count). The summed E-state index contributed by atoms with van der Waals surface area (Å²) in [6.07, 6.45) is 1.92. The molecule has 0 aliphatic heterocycles. The molecule has 1 heterocycles. The van der Waals surface area contributed by atoms with Gasteiger partial charge in [-0.1, -0.05) is 15.9 Å². The molecule has 6 heteroatoms. The first-order chi connectivity index (χ1) is 10.1. The number of benzene rings is 1. The lowest BCUT2D eigenvalue weighted by Crippen LogP contribution is -2.05. The Morgan fingerprint density at radius 2 is 2.29 bits per heavy atom. The highest BCUT2D eigenvalue weighted by Crippen LogP contribution is 2.43. The van der Waals surface area contributed by atoms with Gasteiger partial charge in [-0.15, -0.1) is 0 Å². The van der Waals surface area contributed by atoms with Crippen LogP contribution in [0.3, 0.4) is 0 Å². The minimum absolute atomic E-state index is 0.0914. The standard InChI is InChI=1S/C15H13BrFNO3/c1-2-20-15(19)13-12(8-3-4-8)18-14(21-13)10-7-9(16)5-6-11(10)17/h5-8H,2-4H2,1H3. The third kappa shape index (κ3) is 2.85. The fourth-order valence-corrected chi connectivity index (χ4v) is 2.45. The van der Waals surface area contributed by atoms with Gasteiger partial charge >= 0.3 is 5.97 Å². The first-order valence-corrected chi connectivity index (χ1v) is 7.52. The predicted octanol–water partition coefficient (Wildman–Crippen LogP) is 4.30. The lowest BCUT2D eigenvalue weighted by molar-refractivity contribution is 0.0489. The van der Waals surface area contributed by atoms with E-state index in [1.54, 1.807) is 19.1 Å². The maximum Gasteiger partial charge on any atom is 0.376 e. The number of aromatic nitrogens is 1. The molecular formula is C15H13BrFNO3. The molecule has 1 aliphatic carbocycles. The van der Waals surface area contributed by atoms with Gasteiger partial charge in [0.2, 0.25) is 11.7 Å². The third-order valence-electron chi connectivity index (χ3n) is 3.24. The van der Waals surface area contributed by atoms with Crippen LogP contribution in [0.1, 0.15) is 41.9 Å². The number of carbonyl (C=O) groups excluding carboxylic acids is 1. The molecule has 0 saturated heterocycles. The quantitative estimate of drug-likeness (QED) is 0.769. The molecule has 1 saturated carbocycles. The second-order valence-corrected chi connectivity index (χ2v) is 5.77. The van der Waals surface area contributed by atoms with Crippen molar-refractivity contribution in [1.29, 1.82) is 0 Å². The average Bonchev–Trinajstić information content (AvgIpc) is 3.21. The summed E-state index contributed by atoms with van der Waals surface area (Å²) in [7, 11) is 0. The number of ether oxygens (including phenoxy) is 1. The van der Waals surface area contributed by atoms with Gasteiger partial charge in [0.25, 0.3) is 0 Å². The Kier molecular flexibility index (Phi) is 3.80. The summed E-state index contributed by atoms with van der Waals surface area (Å²) in [6.45, 7) is 1.98. The minimum atomic E-state index is -0.548. The molecule has 1 aromatic heterocycles. The van der Waals surface area contributed by atoms with Crippen molar-refractivity contribution in [2.45, 2.75) is 25.7 Å². The Balaban J connectivity index is 2.05. The van der Waals surface area contributed by atoms with E-state index in [2.05, 4.69) is 20.9 Å². The monoisotopic (exact) mass is 353 g/mol. The van der Waals surface area contributed by atoms with E-state index in [0.29, 0.717) is 10.2 Å². The Hall–Kier alpha value is -1.69. The molecule has 0 radical (unpaired) electrons. The predicted molar refractivity (Wildman–Crippen MR) is 77.5 cm³/mol. The molecular weight excluding hydrogens is 341 g/mol. The van der Waals surface area contributed by atoms with Crippen LogP contribution in [0.2, 0.25) is 0 Å². The van der Waals surface area contributed by atoms with Crippen LogP contribution in [-0.2, 0) is 4.74 Å². The lowest BCUT2D eigenvalue weighted by atomic mass is 10.2. The first-order valence-electron chi connectivity index (χ1n) is 6.73. The molecule has 0 atom stereocenters. The Morgan fingerprint density at radius 1 is 1.52 bits per heavy atom. The van der Waals surface area contributed by atoms with Crippen LogP contribution >= 0.6 is 15.9 Å². The van der Waals surface area contributed by atoms with E-state index in [1.165, 1.54) is 6.07 Å². The van der Waals surface area contributed by atoms with Gasteiger partial charge in [-0.25, -0.2) is 14.2 Å². The highest BCUT2D eigenvalue weighted by atomic mass is 79.9. The van der Waals surface area contributed by atoms with E-state index in [-0.39, 0.29) is 29.7 Å². The number of hydrogen-bond acceptors (Lipinski definition) is 4. The summed E-state index contributed by atoms with van der Waals surface area (Å²) < 4.78 is 25.1. The Labute approximate surface area is 129 Å². The van der Waals surface area contributed by atoms with Crippen molar-refractivity contribution in [1.82, 2.24) is 4.98 Å². The zero-order valence-corrected chi connectivity index (χ0v) is 12.9. The van der Waals surface area contributed by atoms with Crippen molar-refractivity contribution in [3.63, 3.8) is 0 Å². The molecule has 21 heavy (non-hydrogen) atoms. The highest BCUT2D eigenvalue weighted by Gasteiger charge is 2.34. The van der Waals surface area contributed by atoms with Gasteiger partial charge in [0.1, 0.15) is 5.82 Å². The number of esters is 1. The summed E-state index contributed by atoms with van der Waals surface area (Å²) in [5.74, 6) is -0.588. The van der Waals surface area contributed by atoms with Gasteiger partial charge in [-0.05, 0) is 38.0 Å². The van der Waals surface area contributed by atoms with Crippen molar-refractivity contribution in [3.05, 3.63) is 39.9 Å². The molecule has 0 amide bonds. The molecule has 0 N–H and O–H groups in total. The van der Waals surface area contributed by atoms with E-state index < -0.39 is 11.8 Å². The van der Waals surface area contributed by atoms with Gasteiger partial charge in [-0.3, -0.25) is 0 Å². The van der Waals surface area contributed by atoms with Crippen LogP contribution in [0.4, 0.5) is 4.39 Å².